The molecule has 0 spiro atoms. The summed E-state index contributed by atoms with van der Waals surface area (Å²) in [6, 6.07) is 10.2. The number of nitrogens with one attached hydrogen (secondary N) is 1. The summed E-state index contributed by atoms with van der Waals surface area (Å²) in [7, 11) is 0. The Morgan fingerprint density at radius 1 is 1.30 bits per heavy atom. The highest BCUT2D eigenvalue weighted by Crippen LogP contribution is 2.24. The van der Waals surface area contributed by atoms with Gasteiger partial charge in [-0.05, 0) is 12.1 Å². The molecule has 1 saturated heterocycles. The number of likely N-dealkylation sites (tertiary alicyclic amines) is 1. The molecule has 5 nitrogen and oxygen atoms in total. The first-order valence-electron chi connectivity index (χ1n) is 6.66. The van der Waals surface area contributed by atoms with Crippen LogP contribution in [0.25, 0.3) is 10.9 Å². The molecule has 1 N–H and O–H groups in total. The van der Waals surface area contributed by atoms with Gasteiger partial charge in [-0.25, -0.2) is 4.98 Å². The first-order chi connectivity index (χ1) is 9.81. The van der Waals surface area contributed by atoms with Crippen molar-refractivity contribution in [3.63, 3.8) is 0 Å². The van der Waals surface area contributed by atoms with E-state index in [9.17, 15) is 4.79 Å². The highest BCUT2D eigenvalue weighted by atomic mass is 16.2. The molecule has 100 valence electrons. The zero-order valence-corrected chi connectivity index (χ0v) is 10.9. The van der Waals surface area contributed by atoms with E-state index in [0.717, 1.165) is 24.0 Å². The number of nitrogens with zero attached hydrogens (tertiary/aromatic N) is 3. The number of para-hydroxylation sites is 1. The van der Waals surface area contributed by atoms with Crippen molar-refractivity contribution in [3.05, 3.63) is 54.7 Å². The number of aromatic amines is 1. The van der Waals surface area contributed by atoms with Gasteiger partial charge < -0.3 is 14.5 Å². The zero-order chi connectivity index (χ0) is 13.5. The van der Waals surface area contributed by atoms with Gasteiger partial charge in [-0.15, -0.1) is 0 Å². The lowest BCUT2D eigenvalue weighted by Gasteiger charge is -2.39. The third-order valence-corrected chi connectivity index (χ3v) is 3.86. The Morgan fingerprint density at radius 3 is 2.90 bits per heavy atom. The maximum atomic E-state index is 12.4. The number of rotatable bonds is 2. The molecular weight excluding hydrogens is 252 g/mol. The SMILES string of the molecule is O=C(c1cc2ccccc2[nH]1)N1CC(n2ccnc2)C1. The molecule has 1 aliphatic rings. The highest BCUT2D eigenvalue weighted by molar-refractivity contribution is 5.98. The summed E-state index contributed by atoms with van der Waals surface area (Å²) < 4.78 is 2.05. The molecule has 1 aromatic carbocycles. The van der Waals surface area contributed by atoms with E-state index >= 15 is 0 Å². The highest BCUT2D eigenvalue weighted by Gasteiger charge is 2.32. The summed E-state index contributed by atoms with van der Waals surface area (Å²) in [5, 5.41) is 1.07. The number of hydrogen-bond donors (Lipinski definition) is 1. The average molecular weight is 266 g/mol. The van der Waals surface area contributed by atoms with Crippen LogP contribution in [0, 0.1) is 0 Å². The van der Waals surface area contributed by atoms with Gasteiger partial charge in [0.2, 0.25) is 0 Å². The van der Waals surface area contributed by atoms with Crippen LogP contribution in [0.15, 0.2) is 49.1 Å². The van der Waals surface area contributed by atoms with E-state index in [1.807, 2.05) is 41.4 Å². The maximum absolute atomic E-state index is 12.4. The predicted octanol–water partition coefficient (Wildman–Crippen LogP) is 2.06. The number of aromatic nitrogens is 3. The van der Waals surface area contributed by atoms with Crippen molar-refractivity contribution >= 4 is 16.8 Å². The average Bonchev–Trinajstić information content (AvgIpc) is 3.05. The lowest BCUT2D eigenvalue weighted by molar-refractivity contribution is 0.0515. The molecule has 3 aromatic rings. The Labute approximate surface area is 115 Å². The summed E-state index contributed by atoms with van der Waals surface area (Å²) in [6.45, 7) is 1.48. The van der Waals surface area contributed by atoms with Crippen molar-refractivity contribution in [3.8, 4) is 0 Å². The normalized spacial score (nSPS) is 15.5. The van der Waals surface area contributed by atoms with Gasteiger partial charge >= 0.3 is 0 Å². The second-order valence-electron chi connectivity index (χ2n) is 5.14. The van der Waals surface area contributed by atoms with Gasteiger partial charge in [-0.3, -0.25) is 4.79 Å². The minimum atomic E-state index is 0.0672. The van der Waals surface area contributed by atoms with Crippen LogP contribution >= 0.6 is 0 Å². The predicted molar refractivity (Wildman–Crippen MR) is 75.5 cm³/mol. The number of fused-ring (bicyclic) bond motifs is 1. The number of imidazole rings is 1. The van der Waals surface area contributed by atoms with Crippen molar-refractivity contribution in [1.29, 1.82) is 0 Å². The molecule has 0 radical (unpaired) electrons. The molecule has 1 amide bonds. The van der Waals surface area contributed by atoms with Gasteiger partial charge in [0, 0.05) is 36.4 Å². The lowest BCUT2D eigenvalue weighted by Crippen LogP contribution is -2.50. The number of benzene rings is 1. The molecule has 1 fully saturated rings. The Hall–Kier alpha value is -2.56. The van der Waals surface area contributed by atoms with Crippen LogP contribution in [0.2, 0.25) is 0 Å². The summed E-state index contributed by atoms with van der Waals surface area (Å²) in [5.74, 6) is 0.0672. The Balaban J connectivity index is 1.51. The molecule has 2 aromatic heterocycles. The van der Waals surface area contributed by atoms with Gasteiger partial charge in [0.05, 0.1) is 12.4 Å². The molecule has 0 atom stereocenters. The molecule has 20 heavy (non-hydrogen) atoms. The number of H-pyrrole nitrogens is 1. The van der Waals surface area contributed by atoms with E-state index < -0.39 is 0 Å². The van der Waals surface area contributed by atoms with Gasteiger partial charge in [-0.1, -0.05) is 18.2 Å². The molecule has 5 heteroatoms. The van der Waals surface area contributed by atoms with Gasteiger partial charge in [0.1, 0.15) is 5.69 Å². The molecule has 4 rings (SSSR count). The van der Waals surface area contributed by atoms with Crippen LogP contribution in [0.5, 0.6) is 0 Å². The fraction of sp³-hybridized carbons (Fsp3) is 0.200. The Morgan fingerprint density at radius 2 is 2.15 bits per heavy atom. The largest absolute Gasteiger partial charge is 0.351 e. The van der Waals surface area contributed by atoms with Gasteiger partial charge in [0.15, 0.2) is 0 Å². The number of carbonyl (C=O) groups excluding carboxylic acids is 1. The van der Waals surface area contributed by atoms with E-state index in [2.05, 4.69) is 14.5 Å². The van der Waals surface area contributed by atoms with Gasteiger partial charge in [0.25, 0.3) is 5.91 Å². The van der Waals surface area contributed by atoms with Crippen molar-refractivity contribution in [2.24, 2.45) is 0 Å². The number of hydrogen-bond acceptors (Lipinski definition) is 2. The maximum Gasteiger partial charge on any atom is 0.270 e. The van der Waals surface area contributed by atoms with Crippen molar-refractivity contribution < 1.29 is 4.79 Å². The van der Waals surface area contributed by atoms with E-state index in [-0.39, 0.29) is 5.91 Å². The molecule has 0 bridgehead atoms. The van der Waals surface area contributed by atoms with E-state index in [1.165, 1.54) is 0 Å². The van der Waals surface area contributed by atoms with E-state index in [0.29, 0.717) is 11.7 Å². The monoisotopic (exact) mass is 266 g/mol. The second kappa shape index (κ2) is 4.23. The van der Waals surface area contributed by atoms with E-state index in [1.54, 1.807) is 12.5 Å². The summed E-state index contributed by atoms with van der Waals surface area (Å²) in [5.41, 5.74) is 1.66. The quantitative estimate of drug-likeness (QED) is 0.772. The second-order valence-corrected chi connectivity index (χ2v) is 5.14. The third-order valence-electron chi connectivity index (χ3n) is 3.86. The standard InChI is InChI=1S/C15H14N4O/c20-15(14-7-11-3-1-2-4-13(11)17-14)19-8-12(9-19)18-6-5-16-10-18/h1-7,10,12,17H,8-9H2. The van der Waals surface area contributed by atoms with Crippen molar-refractivity contribution in [2.45, 2.75) is 6.04 Å². The van der Waals surface area contributed by atoms with Crippen LogP contribution in [-0.2, 0) is 0 Å². The minimum Gasteiger partial charge on any atom is -0.351 e. The fourth-order valence-electron chi connectivity index (χ4n) is 2.65. The van der Waals surface area contributed by atoms with E-state index in [4.69, 9.17) is 0 Å². The molecule has 0 aliphatic carbocycles. The third kappa shape index (κ3) is 1.71. The zero-order valence-electron chi connectivity index (χ0n) is 10.9. The van der Waals surface area contributed by atoms with Crippen LogP contribution in [-0.4, -0.2) is 38.4 Å². The van der Waals surface area contributed by atoms with Crippen molar-refractivity contribution in [2.75, 3.05) is 13.1 Å². The minimum absolute atomic E-state index is 0.0672. The van der Waals surface area contributed by atoms with Crippen LogP contribution in [0.3, 0.4) is 0 Å². The molecular formula is C15H14N4O. The Bertz CT molecular complexity index is 720. The van der Waals surface area contributed by atoms with Crippen molar-refractivity contribution in [1.82, 2.24) is 19.4 Å². The van der Waals surface area contributed by atoms with Crippen LogP contribution in [0.1, 0.15) is 16.5 Å². The summed E-state index contributed by atoms with van der Waals surface area (Å²) in [4.78, 5) is 21.5. The van der Waals surface area contributed by atoms with Crippen LogP contribution < -0.4 is 0 Å². The first-order valence-corrected chi connectivity index (χ1v) is 6.66. The Kier molecular flexibility index (Phi) is 2.39. The van der Waals surface area contributed by atoms with Crippen LogP contribution in [0.4, 0.5) is 0 Å². The topological polar surface area (TPSA) is 53.9 Å². The first kappa shape index (κ1) is 11.3. The summed E-state index contributed by atoms with van der Waals surface area (Å²) in [6.07, 6.45) is 5.51. The molecule has 0 saturated carbocycles. The lowest BCUT2D eigenvalue weighted by atomic mass is 10.1. The molecule has 3 heterocycles. The molecule has 0 unspecified atom stereocenters. The fourth-order valence-corrected chi connectivity index (χ4v) is 2.65. The smallest absolute Gasteiger partial charge is 0.270 e. The molecule has 1 aliphatic heterocycles. The van der Waals surface area contributed by atoms with Gasteiger partial charge in [-0.2, -0.15) is 0 Å². The number of carbonyl (C=O) groups is 1. The number of amides is 1. The summed E-state index contributed by atoms with van der Waals surface area (Å²) >= 11 is 0.